The van der Waals surface area contributed by atoms with Gasteiger partial charge in [-0.2, -0.15) is 13.2 Å². The van der Waals surface area contributed by atoms with E-state index in [4.69, 9.17) is 0 Å². The average molecular weight is 354 g/mol. The summed E-state index contributed by atoms with van der Waals surface area (Å²) in [6, 6.07) is 11.6. The Morgan fingerprint density at radius 3 is 2.16 bits per heavy atom. The van der Waals surface area contributed by atoms with Crippen molar-refractivity contribution in [2.45, 2.75) is 19.1 Å². The molecule has 0 aliphatic carbocycles. The lowest BCUT2D eigenvalue weighted by Gasteiger charge is -2.13. The predicted octanol–water partition coefficient (Wildman–Crippen LogP) is 3.19. The molecule has 2 N–H and O–H groups in total. The average Bonchev–Trinajstić information content (AvgIpc) is 2.55. The van der Waals surface area contributed by atoms with E-state index in [0.29, 0.717) is 5.56 Å². The molecule has 2 amide bonds. The monoisotopic (exact) mass is 354 g/mol. The van der Waals surface area contributed by atoms with Crippen molar-refractivity contribution in [3.8, 4) is 0 Å². The summed E-state index contributed by atoms with van der Waals surface area (Å²) in [6.45, 7) is -0.110. The highest BCUT2D eigenvalue weighted by atomic mass is 19.4. The normalized spacial score (nSPS) is 11.0. The second kappa shape index (κ2) is 7.78. The lowest BCUT2D eigenvalue weighted by Crippen LogP contribution is -2.31. The third-order valence-electron chi connectivity index (χ3n) is 3.31. The number of anilines is 1. The first kappa shape index (κ1) is 18.4. The zero-order valence-electron chi connectivity index (χ0n) is 12.9. The molecule has 4 nitrogen and oxygen atoms in total. The van der Waals surface area contributed by atoms with E-state index in [0.717, 1.165) is 0 Å². The maximum absolute atomic E-state index is 13.5. The fraction of sp³-hybridized carbons (Fsp3) is 0.176. The molecule has 0 bridgehead atoms. The van der Waals surface area contributed by atoms with Crippen LogP contribution in [0.3, 0.4) is 0 Å². The van der Waals surface area contributed by atoms with E-state index in [1.165, 1.54) is 36.4 Å². The second-order valence-electron chi connectivity index (χ2n) is 5.15. The number of alkyl halides is 3. The van der Waals surface area contributed by atoms with Crippen LogP contribution in [0.2, 0.25) is 0 Å². The molecule has 0 radical (unpaired) electrons. The van der Waals surface area contributed by atoms with Gasteiger partial charge in [0.25, 0.3) is 0 Å². The quantitative estimate of drug-likeness (QED) is 0.811. The molecular weight excluding hydrogens is 340 g/mol. The molecule has 0 aromatic heterocycles. The molecule has 0 saturated heterocycles. The van der Waals surface area contributed by atoms with E-state index in [9.17, 15) is 27.2 Å². The predicted molar refractivity (Wildman–Crippen MR) is 83.1 cm³/mol. The maximum atomic E-state index is 13.5. The largest absolute Gasteiger partial charge is 0.471 e. The van der Waals surface area contributed by atoms with E-state index in [1.807, 2.05) is 0 Å². The van der Waals surface area contributed by atoms with Crippen molar-refractivity contribution in [2.24, 2.45) is 0 Å². The summed E-state index contributed by atoms with van der Waals surface area (Å²) in [4.78, 5) is 22.9. The van der Waals surface area contributed by atoms with Crippen molar-refractivity contribution < 1.29 is 27.2 Å². The first-order valence-electron chi connectivity index (χ1n) is 7.23. The number of nitrogens with one attached hydrogen (secondary N) is 2. The Hall–Kier alpha value is -2.90. The maximum Gasteiger partial charge on any atom is 0.471 e. The molecule has 25 heavy (non-hydrogen) atoms. The van der Waals surface area contributed by atoms with Crippen molar-refractivity contribution in [3.63, 3.8) is 0 Å². The van der Waals surface area contributed by atoms with E-state index in [-0.39, 0.29) is 24.2 Å². The van der Waals surface area contributed by atoms with Crippen LogP contribution in [0.25, 0.3) is 0 Å². The van der Waals surface area contributed by atoms with E-state index < -0.39 is 23.8 Å². The molecule has 0 saturated carbocycles. The second-order valence-corrected chi connectivity index (χ2v) is 5.15. The molecule has 2 rings (SSSR count). The number of rotatable bonds is 5. The van der Waals surface area contributed by atoms with Crippen molar-refractivity contribution in [1.29, 1.82) is 0 Å². The van der Waals surface area contributed by atoms with Gasteiger partial charge in [0.1, 0.15) is 5.82 Å². The zero-order chi connectivity index (χ0) is 18.4. The van der Waals surface area contributed by atoms with Crippen LogP contribution >= 0.6 is 0 Å². The molecule has 132 valence electrons. The van der Waals surface area contributed by atoms with Crippen molar-refractivity contribution in [3.05, 3.63) is 65.5 Å². The molecule has 0 heterocycles. The number of carbonyl (C=O) groups is 2. The van der Waals surface area contributed by atoms with Crippen LogP contribution in [0.4, 0.5) is 23.2 Å². The minimum Gasteiger partial charge on any atom is -0.352 e. The number of carbonyl (C=O) groups excluding carboxylic acids is 2. The van der Waals surface area contributed by atoms with Gasteiger partial charge < -0.3 is 10.6 Å². The van der Waals surface area contributed by atoms with Gasteiger partial charge in [-0.1, -0.05) is 36.4 Å². The van der Waals surface area contributed by atoms with E-state index in [2.05, 4.69) is 5.32 Å². The SMILES string of the molecule is O=C(Cc1ccccc1F)NCc1ccccc1NC(=O)C(F)(F)F. The van der Waals surface area contributed by atoms with Gasteiger partial charge in [0, 0.05) is 12.2 Å². The molecule has 0 fully saturated rings. The number of para-hydroxylation sites is 1. The fourth-order valence-electron chi connectivity index (χ4n) is 2.06. The first-order valence-corrected chi connectivity index (χ1v) is 7.23. The summed E-state index contributed by atoms with van der Waals surface area (Å²) in [5, 5.41) is 4.25. The van der Waals surface area contributed by atoms with E-state index in [1.54, 1.807) is 17.4 Å². The topological polar surface area (TPSA) is 58.2 Å². The summed E-state index contributed by atoms with van der Waals surface area (Å²) in [5.41, 5.74) is 0.441. The standard InChI is InChI=1S/C17H14F4N2O2/c18-13-7-3-1-5-11(13)9-15(24)22-10-12-6-2-4-8-14(12)23-16(25)17(19,20)21/h1-8H,9-10H2,(H,22,24)(H,23,25). The number of amides is 2. The zero-order valence-corrected chi connectivity index (χ0v) is 12.9. The summed E-state index contributed by atoms with van der Waals surface area (Å²) < 4.78 is 50.5. The molecule has 2 aromatic carbocycles. The van der Waals surface area contributed by atoms with Crippen molar-refractivity contribution in [2.75, 3.05) is 5.32 Å². The Labute approximate surface area is 140 Å². The van der Waals surface area contributed by atoms with Gasteiger partial charge in [0.2, 0.25) is 5.91 Å². The molecule has 0 unspecified atom stereocenters. The Morgan fingerprint density at radius 1 is 0.920 bits per heavy atom. The van der Waals surface area contributed by atoms with Gasteiger partial charge in [0.15, 0.2) is 0 Å². The molecule has 0 aliphatic heterocycles. The van der Waals surface area contributed by atoms with Crippen molar-refractivity contribution >= 4 is 17.5 Å². The molecular formula is C17H14F4N2O2. The van der Waals surface area contributed by atoms with Gasteiger partial charge in [-0.3, -0.25) is 9.59 Å². The van der Waals surface area contributed by atoms with Gasteiger partial charge in [-0.25, -0.2) is 4.39 Å². The van der Waals surface area contributed by atoms with Crippen LogP contribution in [-0.2, 0) is 22.6 Å². The smallest absolute Gasteiger partial charge is 0.352 e. The Balaban J connectivity index is 2.00. The number of hydrogen-bond acceptors (Lipinski definition) is 2. The van der Waals surface area contributed by atoms with Gasteiger partial charge in [0.05, 0.1) is 6.42 Å². The van der Waals surface area contributed by atoms with E-state index >= 15 is 0 Å². The minimum absolute atomic E-state index is 0.0592. The molecule has 0 aliphatic rings. The third kappa shape index (κ3) is 5.30. The van der Waals surface area contributed by atoms with Crippen LogP contribution in [0.15, 0.2) is 48.5 Å². The van der Waals surface area contributed by atoms with Gasteiger partial charge in [-0.15, -0.1) is 0 Å². The van der Waals surface area contributed by atoms with Crippen LogP contribution in [0.1, 0.15) is 11.1 Å². The summed E-state index contributed by atoms with van der Waals surface area (Å²) in [5.74, 6) is -3.12. The third-order valence-corrected chi connectivity index (χ3v) is 3.31. The van der Waals surface area contributed by atoms with Gasteiger partial charge in [-0.05, 0) is 23.3 Å². The Morgan fingerprint density at radius 2 is 1.52 bits per heavy atom. The highest BCUT2D eigenvalue weighted by Gasteiger charge is 2.38. The summed E-state index contributed by atoms with van der Waals surface area (Å²) in [6.07, 6.45) is -5.22. The van der Waals surface area contributed by atoms with Crippen LogP contribution in [0.5, 0.6) is 0 Å². The summed E-state index contributed by atoms with van der Waals surface area (Å²) >= 11 is 0. The summed E-state index contributed by atoms with van der Waals surface area (Å²) in [7, 11) is 0. The Bertz CT molecular complexity index is 775. The Kier molecular flexibility index (Phi) is 5.74. The number of hydrogen-bond donors (Lipinski definition) is 2. The van der Waals surface area contributed by atoms with Crippen LogP contribution in [0, 0.1) is 5.82 Å². The van der Waals surface area contributed by atoms with Crippen molar-refractivity contribution in [1.82, 2.24) is 5.32 Å². The number of benzene rings is 2. The number of halogens is 4. The highest BCUT2D eigenvalue weighted by molar-refractivity contribution is 5.95. The molecule has 0 spiro atoms. The fourth-order valence-corrected chi connectivity index (χ4v) is 2.06. The molecule has 8 heteroatoms. The van der Waals surface area contributed by atoms with Crippen LogP contribution < -0.4 is 10.6 Å². The lowest BCUT2D eigenvalue weighted by molar-refractivity contribution is -0.167. The molecule has 2 aromatic rings. The first-order chi connectivity index (χ1) is 11.8. The lowest BCUT2D eigenvalue weighted by atomic mass is 10.1. The minimum atomic E-state index is -5.01. The highest BCUT2D eigenvalue weighted by Crippen LogP contribution is 2.21. The molecule has 0 atom stereocenters. The van der Waals surface area contributed by atoms with Gasteiger partial charge >= 0.3 is 12.1 Å². The van der Waals surface area contributed by atoms with Crippen LogP contribution in [-0.4, -0.2) is 18.0 Å².